The van der Waals surface area contributed by atoms with Crippen molar-refractivity contribution in [1.29, 1.82) is 0 Å². The van der Waals surface area contributed by atoms with Crippen molar-refractivity contribution in [2.24, 2.45) is 5.92 Å². The van der Waals surface area contributed by atoms with Crippen LogP contribution in [0.3, 0.4) is 0 Å². The van der Waals surface area contributed by atoms with E-state index in [2.05, 4.69) is 22.9 Å². The van der Waals surface area contributed by atoms with E-state index in [4.69, 9.17) is 4.74 Å². The molecule has 0 aliphatic heterocycles. The minimum absolute atomic E-state index is 0.502. The van der Waals surface area contributed by atoms with E-state index in [1.54, 1.807) is 0 Å². The lowest BCUT2D eigenvalue weighted by molar-refractivity contribution is 0.0633. The molecule has 0 aromatic heterocycles. The summed E-state index contributed by atoms with van der Waals surface area (Å²) in [5.74, 6) is 0.879. The average molecular weight is 193 g/mol. The molecule has 1 rings (SSSR count). The van der Waals surface area contributed by atoms with Crippen LogP contribution in [-0.4, -0.2) is 18.0 Å². The molecule has 54 valence electrons. The van der Waals surface area contributed by atoms with E-state index in [0.29, 0.717) is 6.10 Å². The fraction of sp³-hybridized carbons (Fsp3) is 1.00. The van der Waals surface area contributed by atoms with Crippen LogP contribution in [0.15, 0.2) is 0 Å². The van der Waals surface area contributed by atoms with Crippen molar-refractivity contribution in [3.8, 4) is 0 Å². The van der Waals surface area contributed by atoms with Crippen LogP contribution in [0, 0.1) is 5.92 Å². The van der Waals surface area contributed by atoms with Crippen LogP contribution in [0.25, 0.3) is 0 Å². The predicted octanol–water partition coefficient (Wildman–Crippen LogP) is 2.20. The van der Waals surface area contributed by atoms with Gasteiger partial charge in [-0.15, -0.1) is 0 Å². The summed E-state index contributed by atoms with van der Waals surface area (Å²) in [5, 5.41) is 0.962. The highest BCUT2D eigenvalue weighted by Gasteiger charge is 2.28. The normalized spacial score (nSPS) is 22.0. The zero-order valence-corrected chi connectivity index (χ0v) is 7.36. The van der Waals surface area contributed by atoms with Crippen LogP contribution in [0.4, 0.5) is 0 Å². The van der Waals surface area contributed by atoms with Gasteiger partial charge in [0.1, 0.15) is 0 Å². The first-order valence-electron chi connectivity index (χ1n) is 3.52. The first kappa shape index (κ1) is 7.55. The standard InChI is InChI=1S/C7H13BrO/c1-6(7-2-3-7)9-5-4-8/h6-7H,2-5H2,1H3. The minimum Gasteiger partial charge on any atom is -0.377 e. The van der Waals surface area contributed by atoms with Gasteiger partial charge in [-0.2, -0.15) is 0 Å². The Kier molecular flexibility index (Phi) is 2.99. The van der Waals surface area contributed by atoms with Gasteiger partial charge in [0, 0.05) is 5.33 Å². The fourth-order valence-electron chi connectivity index (χ4n) is 0.932. The van der Waals surface area contributed by atoms with Gasteiger partial charge in [0.25, 0.3) is 0 Å². The summed E-state index contributed by atoms with van der Waals surface area (Å²) in [6.45, 7) is 3.03. The molecule has 2 heteroatoms. The second-order valence-corrected chi connectivity index (χ2v) is 3.40. The zero-order valence-electron chi connectivity index (χ0n) is 5.77. The number of halogens is 1. The smallest absolute Gasteiger partial charge is 0.0575 e. The number of hydrogen-bond donors (Lipinski definition) is 0. The molecule has 1 aliphatic carbocycles. The van der Waals surface area contributed by atoms with E-state index in [-0.39, 0.29) is 0 Å². The van der Waals surface area contributed by atoms with Crippen molar-refractivity contribution >= 4 is 15.9 Å². The second kappa shape index (κ2) is 3.57. The van der Waals surface area contributed by atoms with E-state index in [9.17, 15) is 0 Å². The number of hydrogen-bond acceptors (Lipinski definition) is 1. The summed E-state index contributed by atoms with van der Waals surface area (Å²) in [6, 6.07) is 0. The predicted molar refractivity (Wildman–Crippen MR) is 41.9 cm³/mol. The van der Waals surface area contributed by atoms with Crippen LogP contribution in [0.5, 0.6) is 0 Å². The molecular weight excluding hydrogens is 180 g/mol. The zero-order chi connectivity index (χ0) is 6.69. The van der Waals surface area contributed by atoms with Gasteiger partial charge in [0.2, 0.25) is 0 Å². The number of rotatable bonds is 4. The number of alkyl halides is 1. The third-order valence-corrected chi connectivity index (χ3v) is 2.07. The first-order chi connectivity index (χ1) is 4.34. The van der Waals surface area contributed by atoms with Gasteiger partial charge in [-0.05, 0) is 25.7 Å². The second-order valence-electron chi connectivity index (χ2n) is 2.60. The topological polar surface area (TPSA) is 9.23 Å². The third kappa shape index (κ3) is 2.67. The van der Waals surface area contributed by atoms with Crippen LogP contribution >= 0.6 is 15.9 Å². The lowest BCUT2D eigenvalue weighted by Crippen LogP contribution is -2.11. The van der Waals surface area contributed by atoms with Crippen molar-refractivity contribution in [2.45, 2.75) is 25.9 Å². The Morgan fingerprint density at radius 3 is 2.78 bits per heavy atom. The Balaban J connectivity index is 1.96. The Morgan fingerprint density at radius 1 is 1.67 bits per heavy atom. The maximum Gasteiger partial charge on any atom is 0.0575 e. The van der Waals surface area contributed by atoms with Gasteiger partial charge in [0.05, 0.1) is 12.7 Å². The van der Waals surface area contributed by atoms with E-state index in [1.807, 2.05) is 0 Å². The van der Waals surface area contributed by atoms with Crippen LogP contribution in [0.1, 0.15) is 19.8 Å². The molecule has 0 heterocycles. The Labute approximate surface area is 64.9 Å². The lowest BCUT2D eigenvalue weighted by atomic mass is 10.3. The molecule has 0 N–H and O–H groups in total. The van der Waals surface area contributed by atoms with Crippen LogP contribution in [-0.2, 0) is 4.74 Å². The molecule has 1 aliphatic rings. The molecule has 0 spiro atoms. The van der Waals surface area contributed by atoms with E-state index in [1.165, 1.54) is 12.8 Å². The van der Waals surface area contributed by atoms with Crippen molar-refractivity contribution in [3.63, 3.8) is 0 Å². The maximum absolute atomic E-state index is 5.47. The molecule has 1 saturated carbocycles. The summed E-state index contributed by atoms with van der Waals surface area (Å²) in [4.78, 5) is 0. The first-order valence-corrected chi connectivity index (χ1v) is 4.64. The minimum atomic E-state index is 0.502. The molecule has 1 nitrogen and oxygen atoms in total. The van der Waals surface area contributed by atoms with Crippen LogP contribution in [0.2, 0.25) is 0 Å². The summed E-state index contributed by atoms with van der Waals surface area (Å²) in [6.07, 6.45) is 3.26. The molecular formula is C7H13BrO. The molecule has 0 aromatic carbocycles. The van der Waals surface area contributed by atoms with Gasteiger partial charge < -0.3 is 4.74 Å². The van der Waals surface area contributed by atoms with E-state index in [0.717, 1.165) is 17.9 Å². The van der Waals surface area contributed by atoms with Gasteiger partial charge in [0.15, 0.2) is 0 Å². The molecule has 0 saturated heterocycles. The summed E-state index contributed by atoms with van der Waals surface area (Å²) in [5.41, 5.74) is 0. The Morgan fingerprint density at radius 2 is 2.33 bits per heavy atom. The van der Waals surface area contributed by atoms with Crippen molar-refractivity contribution in [3.05, 3.63) is 0 Å². The van der Waals surface area contributed by atoms with E-state index < -0.39 is 0 Å². The maximum atomic E-state index is 5.47. The molecule has 0 amide bonds. The Hall–Kier alpha value is 0.440. The summed E-state index contributed by atoms with van der Waals surface area (Å²) in [7, 11) is 0. The fourth-order valence-corrected chi connectivity index (χ4v) is 1.12. The summed E-state index contributed by atoms with van der Waals surface area (Å²) < 4.78 is 5.47. The third-order valence-electron chi connectivity index (χ3n) is 1.74. The average Bonchev–Trinajstić information content (AvgIpc) is 2.63. The molecule has 1 atom stereocenters. The molecule has 0 bridgehead atoms. The van der Waals surface area contributed by atoms with Gasteiger partial charge in [-0.1, -0.05) is 15.9 Å². The molecule has 0 aromatic rings. The van der Waals surface area contributed by atoms with Gasteiger partial charge >= 0.3 is 0 Å². The van der Waals surface area contributed by atoms with Crippen molar-refractivity contribution in [2.75, 3.05) is 11.9 Å². The lowest BCUT2D eigenvalue weighted by Gasteiger charge is -2.09. The largest absolute Gasteiger partial charge is 0.377 e. The SMILES string of the molecule is CC(OCCBr)C1CC1. The monoisotopic (exact) mass is 192 g/mol. The van der Waals surface area contributed by atoms with E-state index >= 15 is 0 Å². The molecule has 0 radical (unpaired) electrons. The molecule has 1 fully saturated rings. The Bertz CT molecular complexity index is 81.0. The van der Waals surface area contributed by atoms with Gasteiger partial charge in [-0.25, -0.2) is 0 Å². The molecule has 1 unspecified atom stereocenters. The number of ether oxygens (including phenoxy) is 1. The van der Waals surface area contributed by atoms with Crippen LogP contribution < -0.4 is 0 Å². The highest BCUT2D eigenvalue weighted by molar-refractivity contribution is 9.09. The highest BCUT2D eigenvalue weighted by Crippen LogP contribution is 2.33. The molecule has 9 heavy (non-hydrogen) atoms. The highest BCUT2D eigenvalue weighted by atomic mass is 79.9. The van der Waals surface area contributed by atoms with Gasteiger partial charge in [-0.3, -0.25) is 0 Å². The van der Waals surface area contributed by atoms with Crippen molar-refractivity contribution < 1.29 is 4.74 Å². The quantitative estimate of drug-likeness (QED) is 0.622. The summed E-state index contributed by atoms with van der Waals surface area (Å²) >= 11 is 3.32. The van der Waals surface area contributed by atoms with Crippen molar-refractivity contribution in [1.82, 2.24) is 0 Å².